The lowest BCUT2D eigenvalue weighted by Gasteiger charge is -2.18. The van der Waals surface area contributed by atoms with Crippen molar-refractivity contribution in [2.24, 2.45) is 0 Å². The fourth-order valence-electron chi connectivity index (χ4n) is 1.44. The zero-order valence-electron chi connectivity index (χ0n) is 11.6. The van der Waals surface area contributed by atoms with Crippen molar-refractivity contribution in [3.8, 4) is 0 Å². The van der Waals surface area contributed by atoms with E-state index >= 15 is 0 Å². The molecule has 0 aromatic heterocycles. The third-order valence-corrected chi connectivity index (χ3v) is 2.29. The van der Waals surface area contributed by atoms with E-state index in [0.717, 1.165) is 11.6 Å². The number of rotatable bonds is 3. The molecule has 0 radical (unpaired) electrons. The predicted molar refractivity (Wildman–Crippen MR) is 72.1 cm³/mol. The zero-order valence-corrected chi connectivity index (χ0v) is 11.6. The molecule has 0 saturated heterocycles. The molecule has 4 nitrogen and oxygen atoms in total. The van der Waals surface area contributed by atoms with Gasteiger partial charge in [0.05, 0.1) is 0 Å². The lowest BCUT2D eigenvalue weighted by molar-refractivity contribution is -0.153. The first-order chi connectivity index (χ1) is 8.70. The Kier molecular flexibility index (Phi) is 4.48. The van der Waals surface area contributed by atoms with Crippen molar-refractivity contribution in [3.63, 3.8) is 0 Å². The van der Waals surface area contributed by atoms with Crippen LogP contribution in [-0.4, -0.2) is 22.5 Å². The molecular weight excluding hydrogens is 244 g/mol. The van der Waals surface area contributed by atoms with Crippen molar-refractivity contribution in [3.05, 3.63) is 47.2 Å². The number of carbonyl (C=O) groups is 2. The number of benzene rings is 1. The number of aliphatic hydroxyl groups excluding tert-OH is 1. The molecule has 1 aromatic carbocycles. The number of carbonyl (C=O) groups excluding carboxylic acids is 2. The third-order valence-electron chi connectivity index (χ3n) is 2.29. The topological polar surface area (TPSA) is 63.6 Å². The number of allylic oxidation sites excluding steroid dienone is 1. The molecule has 102 valence electrons. The zero-order chi connectivity index (χ0) is 14.6. The molecule has 1 aromatic rings. The fourth-order valence-corrected chi connectivity index (χ4v) is 1.44. The Hall–Kier alpha value is -2.10. The molecule has 0 aliphatic heterocycles. The quantitative estimate of drug-likeness (QED) is 0.393. The predicted octanol–water partition coefficient (Wildman–Crippen LogP) is 2.96. The first-order valence-electron chi connectivity index (χ1n) is 5.94. The molecular formula is C15H18O4. The van der Waals surface area contributed by atoms with Crippen LogP contribution in [0.4, 0.5) is 0 Å². The maximum atomic E-state index is 11.9. The smallest absolute Gasteiger partial charge is 0.374 e. The van der Waals surface area contributed by atoms with Crippen LogP contribution in [0.1, 0.15) is 36.7 Å². The summed E-state index contributed by atoms with van der Waals surface area (Å²) in [6.07, 6.45) is 0.885. The Labute approximate surface area is 112 Å². The maximum Gasteiger partial charge on any atom is 0.374 e. The average molecular weight is 262 g/mol. The van der Waals surface area contributed by atoms with E-state index in [1.807, 2.05) is 6.07 Å². The second-order valence-corrected chi connectivity index (χ2v) is 5.21. The first kappa shape index (κ1) is 15.0. The van der Waals surface area contributed by atoms with Crippen LogP contribution in [0, 0.1) is 6.92 Å². The van der Waals surface area contributed by atoms with Gasteiger partial charge in [0, 0.05) is 11.6 Å². The molecule has 0 atom stereocenters. The van der Waals surface area contributed by atoms with Gasteiger partial charge in [-0.05, 0) is 33.3 Å². The van der Waals surface area contributed by atoms with Crippen LogP contribution in [0.2, 0.25) is 0 Å². The van der Waals surface area contributed by atoms with E-state index in [0.29, 0.717) is 5.56 Å². The van der Waals surface area contributed by atoms with Gasteiger partial charge in [0.1, 0.15) is 5.60 Å². The minimum absolute atomic E-state index is 0.429. The Morgan fingerprint density at radius 3 is 2.32 bits per heavy atom. The van der Waals surface area contributed by atoms with Gasteiger partial charge in [-0.25, -0.2) is 4.79 Å². The van der Waals surface area contributed by atoms with Gasteiger partial charge >= 0.3 is 5.97 Å². The summed E-state index contributed by atoms with van der Waals surface area (Å²) < 4.78 is 4.96. The van der Waals surface area contributed by atoms with Crippen molar-refractivity contribution < 1.29 is 19.4 Å². The maximum absolute atomic E-state index is 11.9. The van der Waals surface area contributed by atoms with E-state index in [1.54, 1.807) is 45.9 Å². The van der Waals surface area contributed by atoms with Gasteiger partial charge in [-0.1, -0.05) is 24.3 Å². The number of ether oxygens (including phenoxy) is 1. The Morgan fingerprint density at radius 1 is 1.21 bits per heavy atom. The average Bonchev–Trinajstić information content (AvgIpc) is 2.27. The first-order valence-corrected chi connectivity index (χ1v) is 5.94. The molecule has 19 heavy (non-hydrogen) atoms. The van der Waals surface area contributed by atoms with E-state index in [9.17, 15) is 14.7 Å². The fraction of sp³-hybridized carbons (Fsp3) is 0.333. The summed E-state index contributed by atoms with van der Waals surface area (Å²) in [5.74, 6) is -2.03. The molecule has 0 aliphatic carbocycles. The van der Waals surface area contributed by atoms with E-state index < -0.39 is 23.1 Å². The summed E-state index contributed by atoms with van der Waals surface area (Å²) >= 11 is 0. The molecule has 0 heterocycles. The van der Waals surface area contributed by atoms with Gasteiger partial charge < -0.3 is 9.84 Å². The van der Waals surface area contributed by atoms with Crippen LogP contribution in [0.5, 0.6) is 0 Å². The van der Waals surface area contributed by atoms with Gasteiger partial charge in [-0.3, -0.25) is 4.79 Å². The van der Waals surface area contributed by atoms with Crippen LogP contribution in [0.25, 0.3) is 0 Å². The van der Waals surface area contributed by atoms with E-state index in [-0.39, 0.29) is 0 Å². The summed E-state index contributed by atoms with van der Waals surface area (Å²) in [4.78, 5) is 23.4. The second kappa shape index (κ2) is 5.69. The Morgan fingerprint density at radius 2 is 1.79 bits per heavy atom. The highest BCUT2D eigenvalue weighted by Crippen LogP contribution is 2.12. The van der Waals surface area contributed by atoms with Gasteiger partial charge in [0.2, 0.25) is 5.76 Å². The van der Waals surface area contributed by atoms with Crippen molar-refractivity contribution in [1.29, 1.82) is 0 Å². The highest BCUT2D eigenvalue weighted by molar-refractivity contribution is 6.08. The number of esters is 1. The monoisotopic (exact) mass is 262 g/mol. The Bertz CT molecular complexity index is 521. The van der Waals surface area contributed by atoms with Crippen LogP contribution in [-0.2, 0) is 9.53 Å². The number of aliphatic hydroxyl groups is 1. The summed E-state index contributed by atoms with van der Waals surface area (Å²) in [6.45, 7) is 6.83. The minimum Gasteiger partial charge on any atom is -0.502 e. The van der Waals surface area contributed by atoms with Crippen LogP contribution in [0.15, 0.2) is 36.1 Å². The number of hydrogen-bond donors (Lipinski definition) is 1. The number of ketones is 1. The van der Waals surface area contributed by atoms with Crippen molar-refractivity contribution in [1.82, 2.24) is 0 Å². The van der Waals surface area contributed by atoms with Gasteiger partial charge in [0.15, 0.2) is 5.78 Å². The number of hydrogen-bond acceptors (Lipinski definition) is 4. The largest absolute Gasteiger partial charge is 0.502 e. The summed E-state index contributed by atoms with van der Waals surface area (Å²) in [7, 11) is 0. The highest BCUT2D eigenvalue weighted by atomic mass is 16.6. The Balaban J connectivity index is 2.88. The molecule has 4 heteroatoms. The molecule has 0 bridgehead atoms. The molecule has 0 unspecified atom stereocenters. The number of aryl methyl sites for hydroxylation is 1. The van der Waals surface area contributed by atoms with Gasteiger partial charge in [-0.15, -0.1) is 0 Å². The molecule has 0 aliphatic rings. The lowest BCUT2D eigenvalue weighted by Crippen LogP contribution is -2.25. The normalized spacial score (nSPS) is 12.1. The molecule has 0 fully saturated rings. The summed E-state index contributed by atoms with van der Waals surface area (Å²) in [5, 5.41) is 9.57. The SMILES string of the molecule is Cc1ccccc1C(=O)/C=C(\O)C(=O)OC(C)(C)C. The standard InChI is InChI=1S/C15H18O4/c1-10-7-5-6-8-11(10)12(16)9-13(17)14(18)19-15(2,3)4/h5-9,17H,1-4H3/b13-9-. The van der Waals surface area contributed by atoms with E-state index in [4.69, 9.17) is 4.74 Å². The molecule has 0 amide bonds. The molecule has 0 saturated carbocycles. The second-order valence-electron chi connectivity index (χ2n) is 5.21. The molecule has 0 spiro atoms. The van der Waals surface area contributed by atoms with Crippen LogP contribution < -0.4 is 0 Å². The molecule has 1 N–H and O–H groups in total. The van der Waals surface area contributed by atoms with Crippen molar-refractivity contribution in [2.75, 3.05) is 0 Å². The van der Waals surface area contributed by atoms with Crippen molar-refractivity contribution >= 4 is 11.8 Å². The van der Waals surface area contributed by atoms with Crippen LogP contribution in [0.3, 0.4) is 0 Å². The van der Waals surface area contributed by atoms with Gasteiger partial charge in [-0.2, -0.15) is 0 Å². The van der Waals surface area contributed by atoms with Crippen LogP contribution >= 0.6 is 0 Å². The third kappa shape index (κ3) is 4.58. The van der Waals surface area contributed by atoms with Gasteiger partial charge in [0.25, 0.3) is 0 Å². The van der Waals surface area contributed by atoms with Crippen molar-refractivity contribution in [2.45, 2.75) is 33.3 Å². The lowest BCUT2D eigenvalue weighted by atomic mass is 10.0. The molecule has 1 rings (SSSR count). The van der Waals surface area contributed by atoms with E-state index in [2.05, 4.69) is 0 Å². The highest BCUT2D eigenvalue weighted by Gasteiger charge is 2.20. The summed E-state index contributed by atoms with van der Waals surface area (Å²) in [6, 6.07) is 6.95. The summed E-state index contributed by atoms with van der Waals surface area (Å²) in [5.41, 5.74) is 0.503. The minimum atomic E-state index is -0.908. The van der Waals surface area contributed by atoms with E-state index in [1.165, 1.54) is 0 Å².